The maximum absolute atomic E-state index is 13.0. The number of sulfone groups is 1. The van der Waals surface area contributed by atoms with Crippen LogP contribution in [0.2, 0.25) is 0 Å². The fraction of sp³-hybridized carbons (Fsp3) is 0.912. The number of carbonyl (C=O) groups excluding carboxylic acids is 2. The van der Waals surface area contributed by atoms with Crippen LogP contribution in [0.1, 0.15) is 148 Å². The smallest absolute Gasteiger partial charge is 0.315 e. The zero-order chi connectivity index (χ0) is 33.9. The fourth-order valence-corrected chi connectivity index (χ4v) is 7.66. The molecule has 0 aromatic carbocycles. The molecule has 3 atom stereocenters. The Morgan fingerprint density at radius 2 is 1.34 bits per heavy atom. The minimum Gasteiger partial charge on any atom is -0.483 e. The van der Waals surface area contributed by atoms with Crippen molar-refractivity contribution in [3.63, 3.8) is 0 Å². The molecule has 2 aliphatic carbocycles. The number of carboxylic acid groups (broad SMARTS) is 1. The van der Waals surface area contributed by atoms with Gasteiger partial charge in [-0.1, -0.05) is 94.4 Å². The summed E-state index contributed by atoms with van der Waals surface area (Å²) in [6, 6.07) is -0.260. The van der Waals surface area contributed by atoms with Gasteiger partial charge in [-0.2, -0.15) is 0 Å². The molecule has 44 heavy (non-hydrogen) atoms. The highest BCUT2D eigenvalue weighted by Crippen LogP contribution is 2.40. The third kappa shape index (κ3) is 15.4. The van der Waals surface area contributed by atoms with E-state index in [1.807, 2.05) is 48.5 Å². The Labute approximate surface area is 272 Å². The number of amides is 3. The van der Waals surface area contributed by atoms with Crippen molar-refractivity contribution in [1.29, 1.82) is 0 Å². The van der Waals surface area contributed by atoms with Gasteiger partial charge in [0.15, 0.2) is 9.84 Å². The SMILES string of the molecule is C.CC.CC.CC1CCCCC1.CC1CCCN1C(=O)CNC(=O)NC1(CS(=O)(=O)C(C)(C)C)C(C)CCCC1C.O=CO. The van der Waals surface area contributed by atoms with E-state index in [4.69, 9.17) is 9.90 Å². The molecule has 1 saturated heterocycles. The average Bonchev–Trinajstić information content (AvgIpc) is 3.39. The lowest BCUT2D eigenvalue weighted by Crippen LogP contribution is -2.65. The fourth-order valence-electron chi connectivity index (χ4n) is 5.95. The van der Waals surface area contributed by atoms with E-state index in [0.717, 1.165) is 44.6 Å². The van der Waals surface area contributed by atoms with Crippen molar-refractivity contribution in [3.05, 3.63) is 0 Å². The topological polar surface area (TPSA) is 133 Å². The van der Waals surface area contributed by atoms with Gasteiger partial charge in [0.05, 0.1) is 22.6 Å². The van der Waals surface area contributed by atoms with Gasteiger partial charge in [0.25, 0.3) is 6.47 Å². The first-order valence-electron chi connectivity index (χ1n) is 16.8. The van der Waals surface area contributed by atoms with E-state index in [0.29, 0.717) is 0 Å². The van der Waals surface area contributed by atoms with Crippen LogP contribution in [0.25, 0.3) is 0 Å². The van der Waals surface area contributed by atoms with Crippen LogP contribution in [0.15, 0.2) is 0 Å². The Balaban J connectivity index is -0.000000937. The summed E-state index contributed by atoms with van der Waals surface area (Å²) in [5.74, 6) is 0.919. The summed E-state index contributed by atoms with van der Waals surface area (Å²) in [6.45, 7) is 21.9. The number of hydrogen-bond donors (Lipinski definition) is 3. The van der Waals surface area contributed by atoms with Gasteiger partial charge in [0, 0.05) is 12.6 Å². The highest BCUT2D eigenvalue weighted by atomic mass is 32.2. The van der Waals surface area contributed by atoms with Gasteiger partial charge < -0.3 is 20.6 Å². The molecule has 0 bridgehead atoms. The second-order valence-corrected chi connectivity index (χ2v) is 15.6. The highest BCUT2D eigenvalue weighted by molar-refractivity contribution is 7.92. The Kier molecular flexibility index (Phi) is 24.9. The number of nitrogens with zero attached hydrogens (tertiary/aromatic N) is 1. The first kappa shape index (κ1) is 46.6. The molecule has 3 N–H and O–H groups in total. The molecule has 3 amide bonds. The first-order chi connectivity index (χ1) is 20.1. The van der Waals surface area contributed by atoms with E-state index < -0.39 is 26.2 Å². The molecule has 3 aliphatic rings. The van der Waals surface area contributed by atoms with E-state index in [9.17, 15) is 18.0 Å². The van der Waals surface area contributed by atoms with Crippen molar-refractivity contribution in [2.24, 2.45) is 17.8 Å². The summed E-state index contributed by atoms with van der Waals surface area (Å²) in [6.07, 6.45) is 12.2. The highest BCUT2D eigenvalue weighted by Gasteiger charge is 2.49. The predicted octanol–water partition coefficient (Wildman–Crippen LogP) is 7.68. The predicted molar refractivity (Wildman–Crippen MR) is 186 cm³/mol. The molecule has 0 radical (unpaired) electrons. The molecule has 2 saturated carbocycles. The Hall–Kier alpha value is -1.84. The van der Waals surface area contributed by atoms with Gasteiger partial charge in [-0.3, -0.25) is 9.59 Å². The number of carbonyl (C=O) groups is 3. The van der Waals surface area contributed by atoms with Gasteiger partial charge in [-0.15, -0.1) is 0 Å². The zero-order valence-electron chi connectivity index (χ0n) is 29.4. The normalized spacial score (nSPS) is 24.9. The van der Waals surface area contributed by atoms with E-state index in [1.54, 1.807) is 25.7 Å². The molecule has 3 fully saturated rings. The molecule has 0 aromatic heterocycles. The molecule has 9 nitrogen and oxygen atoms in total. The van der Waals surface area contributed by atoms with Crippen molar-refractivity contribution in [1.82, 2.24) is 15.5 Å². The van der Waals surface area contributed by atoms with Gasteiger partial charge in [-0.05, 0) is 71.1 Å². The lowest BCUT2D eigenvalue weighted by Gasteiger charge is -2.48. The number of nitrogens with one attached hydrogen (secondary N) is 2. The molecule has 10 heteroatoms. The van der Waals surface area contributed by atoms with Crippen molar-refractivity contribution >= 4 is 28.2 Å². The van der Waals surface area contributed by atoms with Crippen LogP contribution >= 0.6 is 0 Å². The average molecular weight is 650 g/mol. The van der Waals surface area contributed by atoms with Crippen LogP contribution in [0.3, 0.4) is 0 Å². The van der Waals surface area contributed by atoms with Gasteiger partial charge in [-0.25, -0.2) is 13.2 Å². The molecular formula is C34H71N3O6S. The quantitative estimate of drug-likeness (QED) is 0.262. The molecule has 3 rings (SSSR count). The molecular weight excluding hydrogens is 578 g/mol. The lowest BCUT2D eigenvalue weighted by molar-refractivity contribution is -0.130. The second-order valence-electron chi connectivity index (χ2n) is 12.9. The monoisotopic (exact) mass is 650 g/mol. The number of likely N-dealkylation sites (tertiary alicyclic amines) is 1. The molecule has 0 aromatic rings. The van der Waals surface area contributed by atoms with Crippen LogP contribution in [0.5, 0.6) is 0 Å². The molecule has 0 spiro atoms. The van der Waals surface area contributed by atoms with Crippen LogP contribution < -0.4 is 10.6 Å². The van der Waals surface area contributed by atoms with Crippen molar-refractivity contribution < 1.29 is 27.9 Å². The van der Waals surface area contributed by atoms with Crippen LogP contribution in [0.4, 0.5) is 4.79 Å². The molecule has 1 aliphatic heterocycles. The largest absolute Gasteiger partial charge is 0.483 e. The summed E-state index contributed by atoms with van der Waals surface area (Å²) in [4.78, 5) is 35.3. The zero-order valence-corrected chi connectivity index (χ0v) is 30.2. The van der Waals surface area contributed by atoms with Gasteiger partial charge in [0.2, 0.25) is 5.91 Å². The Morgan fingerprint density at radius 3 is 1.70 bits per heavy atom. The van der Waals surface area contributed by atoms with E-state index in [-0.39, 0.29) is 50.0 Å². The van der Waals surface area contributed by atoms with Crippen LogP contribution in [0, 0.1) is 17.8 Å². The molecule has 1 heterocycles. The lowest BCUT2D eigenvalue weighted by atomic mass is 9.68. The van der Waals surface area contributed by atoms with Crippen molar-refractivity contribution in [3.8, 4) is 0 Å². The summed E-state index contributed by atoms with van der Waals surface area (Å²) in [7, 11) is -3.44. The standard InChI is InChI=1S/C21H39N3O4S.C7H14.2C2H6.CH2O2.CH4/c1-15-9-7-10-16(2)21(15,14-29(27,28)20(4,5)6)23-19(26)22-13-18(25)24-12-8-11-17(24)3;1-7-5-3-2-4-6-7;2*1-2;2-1-3;/h15-17H,7-14H2,1-6H3,(H2,22,23,26);7H,2-6H2,1H3;2*1-2H3;1H,(H,2,3);1H4. The first-order valence-corrected chi connectivity index (χ1v) is 18.4. The van der Waals surface area contributed by atoms with Gasteiger partial charge >= 0.3 is 6.03 Å². The minimum absolute atomic E-state index is 0. The third-order valence-corrected chi connectivity index (χ3v) is 11.6. The van der Waals surface area contributed by atoms with Crippen molar-refractivity contribution in [2.75, 3.05) is 18.8 Å². The molecule has 3 unspecified atom stereocenters. The summed E-state index contributed by atoms with van der Waals surface area (Å²) in [5, 5.41) is 12.6. The Morgan fingerprint density at radius 1 is 0.864 bits per heavy atom. The van der Waals surface area contributed by atoms with E-state index >= 15 is 0 Å². The maximum Gasteiger partial charge on any atom is 0.315 e. The third-order valence-electron chi connectivity index (χ3n) is 8.91. The number of rotatable bonds is 5. The summed E-state index contributed by atoms with van der Waals surface area (Å²) < 4.78 is 25.2. The summed E-state index contributed by atoms with van der Waals surface area (Å²) in [5.41, 5.74) is -0.835. The Bertz CT molecular complexity index is 872. The van der Waals surface area contributed by atoms with Crippen LogP contribution in [-0.4, -0.2) is 72.0 Å². The minimum atomic E-state index is -3.44. The van der Waals surface area contributed by atoms with E-state index in [1.165, 1.54) is 32.1 Å². The number of urea groups is 1. The second kappa shape index (κ2) is 23.5. The van der Waals surface area contributed by atoms with Crippen molar-refractivity contribution in [2.45, 2.75) is 164 Å². The van der Waals surface area contributed by atoms with Crippen LogP contribution in [-0.2, 0) is 19.4 Å². The maximum atomic E-state index is 13.0. The molecule has 264 valence electrons. The number of hydrogen-bond acceptors (Lipinski definition) is 5. The summed E-state index contributed by atoms with van der Waals surface area (Å²) >= 11 is 0. The van der Waals surface area contributed by atoms with Gasteiger partial charge in [0.1, 0.15) is 0 Å². The van der Waals surface area contributed by atoms with E-state index in [2.05, 4.69) is 17.6 Å².